The van der Waals surface area contributed by atoms with Gasteiger partial charge in [-0.25, -0.2) is 9.97 Å². The van der Waals surface area contributed by atoms with Crippen molar-refractivity contribution in [2.45, 2.75) is 32.6 Å². The van der Waals surface area contributed by atoms with Crippen LogP contribution in [0.3, 0.4) is 0 Å². The summed E-state index contributed by atoms with van der Waals surface area (Å²) in [5.41, 5.74) is 2.50. The SMILES string of the molecule is Cc1nc2c(c(NCCc3ccco3)n1)CCN(CC1CCOC1)CC2. The highest BCUT2D eigenvalue weighted by Crippen LogP contribution is 2.23. The van der Waals surface area contributed by atoms with Gasteiger partial charge in [0, 0.05) is 51.2 Å². The van der Waals surface area contributed by atoms with Gasteiger partial charge >= 0.3 is 0 Å². The van der Waals surface area contributed by atoms with E-state index in [1.807, 2.05) is 19.1 Å². The number of aromatic nitrogens is 2. The molecule has 0 amide bonds. The number of furan rings is 1. The topological polar surface area (TPSA) is 63.4 Å². The van der Waals surface area contributed by atoms with Crippen LogP contribution in [-0.2, 0) is 24.0 Å². The van der Waals surface area contributed by atoms with Crippen LogP contribution in [0.5, 0.6) is 0 Å². The van der Waals surface area contributed by atoms with Gasteiger partial charge in [0.05, 0.1) is 18.6 Å². The van der Waals surface area contributed by atoms with E-state index in [0.29, 0.717) is 5.92 Å². The molecule has 1 atom stereocenters. The fourth-order valence-corrected chi connectivity index (χ4v) is 3.95. The monoisotopic (exact) mass is 356 g/mol. The quantitative estimate of drug-likeness (QED) is 0.858. The predicted octanol–water partition coefficient (Wildman–Crippen LogP) is 2.47. The lowest BCUT2D eigenvalue weighted by Crippen LogP contribution is -2.32. The third-order valence-electron chi connectivity index (χ3n) is 5.33. The number of ether oxygens (including phenoxy) is 1. The van der Waals surface area contributed by atoms with Crippen molar-refractivity contribution < 1.29 is 9.15 Å². The number of hydrogen-bond acceptors (Lipinski definition) is 6. The number of hydrogen-bond donors (Lipinski definition) is 1. The molecule has 2 aliphatic rings. The van der Waals surface area contributed by atoms with Gasteiger partial charge in [-0.2, -0.15) is 0 Å². The normalized spacial score (nSPS) is 20.7. The number of nitrogens with one attached hydrogen (secondary N) is 1. The molecule has 0 saturated carbocycles. The molecule has 6 nitrogen and oxygen atoms in total. The van der Waals surface area contributed by atoms with Gasteiger partial charge in [-0.05, 0) is 37.8 Å². The van der Waals surface area contributed by atoms with E-state index < -0.39 is 0 Å². The van der Waals surface area contributed by atoms with Crippen molar-refractivity contribution in [3.8, 4) is 0 Å². The molecule has 1 unspecified atom stereocenters. The smallest absolute Gasteiger partial charge is 0.133 e. The fourth-order valence-electron chi connectivity index (χ4n) is 3.95. The van der Waals surface area contributed by atoms with Gasteiger partial charge < -0.3 is 19.4 Å². The molecule has 26 heavy (non-hydrogen) atoms. The van der Waals surface area contributed by atoms with Crippen molar-refractivity contribution in [1.82, 2.24) is 14.9 Å². The molecule has 4 heterocycles. The minimum atomic E-state index is 0.690. The van der Waals surface area contributed by atoms with Crippen LogP contribution < -0.4 is 5.32 Å². The van der Waals surface area contributed by atoms with Crippen molar-refractivity contribution in [2.24, 2.45) is 5.92 Å². The van der Waals surface area contributed by atoms with Gasteiger partial charge in [0.15, 0.2) is 0 Å². The van der Waals surface area contributed by atoms with Crippen molar-refractivity contribution in [1.29, 1.82) is 0 Å². The number of nitrogens with zero attached hydrogens (tertiary/aromatic N) is 3. The minimum Gasteiger partial charge on any atom is -0.469 e. The molecule has 0 radical (unpaired) electrons. The number of anilines is 1. The molecule has 4 rings (SSSR count). The van der Waals surface area contributed by atoms with Gasteiger partial charge in [-0.1, -0.05) is 0 Å². The van der Waals surface area contributed by atoms with Crippen molar-refractivity contribution in [3.05, 3.63) is 41.2 Å². The van der Waals surface area contributed by atoms with E-state index in [4.69, 9.17) is 14.1 Å². The van der Waals surface area contributed by atoms with Gasteiger partial charge in [-0.15, -0.1) is 0 Å². The highest BCUT2D eigenvalue weighted by Gasteiger charge is 2.23. The summed E-state index contributed by atoms with van der Waals surface area (Å²) < 4.78 is 11.0. The van der Waals surface area contributed by atoms with Crippen LogP contribution in [0.2, 0.25) is 0 Å². The molecule has 2 aliphatic heterocycles. The van der Waals surface area contributed by atoms with E-state index in [1.54, 1.807) is 6.26 Å². The molecule has 1 N–H and O–H groups in total. The van der Waals surface area contributed by atoms with E-state index in [0.717, 1.165) is 76.1 Å². The Labute approximate surface area is 155 Å². The summed E-state index contributed by atoms with van der Waals surface area (Å²) in [5, 5.41) is 3.52. The van der Waals surface area contributed by atoms with Crippen LogP contribution in [0.4, 0.5) is 5.82 Å². The highest BCUT2D eigenvalue weighted by molar-refractivity contribution is 5.47. The molecular formula is C20H28N4O2. The van der Waals surface area contributed by atoms with Gasteiger partial charge in [0.2, 0.25) is 0 Å². The second kappa shape index (κ2) is 8.18. The summed E-state index contributed by atoms with van der Waals surface area (Å²) in [6.45, 7) is 7.93. The van der Waals surface area contributed by atoms with Crippen LogP contribution in [0.1, 0.15) is 29.3 Å². The lowest BCUT2D eigenvalue weighted by Gasteiger charge is -2.22. The Balaban J connectivity index is 1.40. The molecule has 1 saturated heterocycles. The summed E-state index contributed by atoms with van der Waals surface area (Å²) in [6, 6.07) is 3.94. The van der Waals surface area contributed by atoms with E-state index >= 15 is 0 Å². The largest absolute Gasteiger partial charge is 0.469 e. The van der Waals surface area contributed by atoms with Crippen LogP contribution >= 0.6 is 0 Å². The summed E-state index contributed by atoms with van der Waals surface area (Å²) >= 11 is 0. The maximum Gasteiger partial charge on any atom is 0.133 e. The number of aryl methyl sites for hydroxylation is 1. The Morgan fingerprint density at radius 1 is 1.27 bits per heavy atom. The molecule has 0 aromatic carbocycles. The molecule has 1 fully saturated rings. The van der Waals surface area contributed by atoms with Crippen LogP contribution in [-0.4, -0.2) is 54.3 Å². The van der Waals surface area contributed by atoms with Crippen LogP contribution in [0.25, 0.3) is 0 Å². The Morgan fingerprint density at radius 2 is 2.19 bits per heavy atom. The standard InChI is InChI=1S/C20H28N4O2/c1-15-22-19-6-10-24(13-16-7-12-25-14-16)9-5-18(19)20(23-15)21-8-4-17-3-2-11-26-17/h2-3,11,16H,4-10,12-14H2,1H3,(H,21,22,23). The molecule has 6 heteroatoms. The zero-order chi connectivity index (χ0) is 17.8. The molecule has 2 aromatic heterocycles. The summed E-state index contributed by atoms with van der Waals surface area (Å²) in [4.78, 5) is 12.0. The van der Waals surface area contributed by atoms with Gasteiger partial charge in [0.1, 0.15) is 17.4 Å². The first-order valence-corrected chi connectivity index (χ1v) is 9.70. The average molecular weight is 356 g/mol. The zero-order valence-corrected chi connectivity index (χ0v) is 15.5. The maximum atomic E-state index is 5.53. The molecule has 0 bridgehead atoms. The Kier molecular flexibility index (Phi) is 5.51. The van der Waals surface area contributed by atoms with Crippen molar-refractivity contribution in [2.75, 3.05) is 44.7 Å². The summed E-state index contributed by atoms with van der Waals surface area (Å²) in [5.74, 6) is 3.54. The first kappa shape index (κ1) is 17.5. The first-order valence-electron chi connectivity index (χ1n) is 9.70. The number of fused-ring (bicyclic) bond motifs is 1. The number of rotatable bonds is 6. The Hall–Kier alpha value is -1.92. The molecule has 2 aromatic rings. The fraction of sp³-hybridized carbons (Fsp3) is 0.600. The van der Waals surface area contributed by atoms with E-state index in [9.17, 15) is 0 Å². The highest BCUT2D eigenvalue weighted by atomic mass is 16.5. The zero-order valence-electron chi connectivity index (χ0n) is 15.5. The first-order chi connectivity index (χ1) is 12.8. The third-order valence-corrected chi connectivity index (χ3v) is 5.33. The predicted molar refractivity (Wildman–Crippen MR) is 100 cm³/mol. The second-order valence-corrected chi connectivity index (χ2v) is 7.33. The Morgan fingerprint density at radius 3 is 3.00 bits per heavy atom. The van der Waals surface area contributed by atoms with Crippen molar-refractivity contribution in [3.63, 3.8) is 0 Å². The van der Waals surface area contributed by atoms with Crippen molar-refractivity contribution >= 4 is 5.82 Å². The van der Waals surface area contributed by atoms with E-state index in [2.05, 4.69) is 15.2 Å². The second-order valence-electron chi connectivity index (χ2n) is 7.33. The molecule has 0 spiro atoms. The summed E-state index contributed by atoms with van der Waals surface area (Å²) in [7, 11) is 0. The average Bonchev–Trinajstić information content (AvgIpc) is 3.28. The van der Waals surface area contributed by atoms with E-state index in [-0.39, 0.29) is 0 Å². The van der Waals surface area contributed by atoms with E-state index in [1.165, 1.54) is 17.7 Å². The minimum absolute atomic E-state index is 0.690. The van der Waals surface area contributed by atoms with Gasteiger partial charge in [0.25, 0.3) is 0 Å². The molecule has 140 valence electrons. The van der Waals surface area contributed by atoms with Crippen LogP contribution in [0.15, 0.2) is 22.8 Å². The lowest BCUT2D eigenvalue weighted by molar-refractivity contribution is 0.168. The molecule has 0 aliphatic carbocycles. The molecular weight excluding hydrogens is 328 g/mol. The Bertz CT molecular complexity index is 711. The van der Waals surface area contributed by atoms with Gasteiger partial charge in [-0.3, -0.25) is 0 Å². The summed E-state index contributed by atoms with van der Waals surface area (Å²) in [6.07, 6.45) is 5.78. The lowest BCUT2D eigenvalue weighted by atomic mass is 10.1. The third kappa shape index (κ3) is 4.24. The van der Waals surface area contributed by atoms with Crippen LogP contribution in [0, 0.1) is 12.8 Å². The maximum absolute atomic E-state index is 5.53.